The minimum atomic E-state index is -0.911. The molecule has 2 saturated heterocycles. The first-order chi connectivity index (χ1) is 11.0. The first-order valence-electron chi connectivity index (χ1n) is 8.47. The van der Waals surface area contributed by atoms with Crippen LogP contribution in [0.1, 0.15) is 36.8 Å². The van der Waals surface area contributed by atoms with Crippen LogP contribution >= 0.6 is 0 Å². The molecule has 2 N–H and O–H groups in total. The highest BCUT2D eigenvalue weighted by molar-refractivity contribution is 5.82. The Kier molecular flexibility index (Phi) is 2.64. The first kappa shape index (κ1) is 14.0. The molecule has 0 amide bonds. The normalized spacial score (nSPS) is 42.0. The Hall–Kier alpha value is -1.43. The molecule has 2 aliphatic heterocycles. The van der Waals surface area contributed by atoms with Crippen LogP contribution in [0.2, 0.25) is 0 Å². The first-order valence-corrected chi connectivity index (χ1v) is 8.47. The van der Waals surface area contributed by atoms with E-state index >= 15 is 0 Å². The monoisotopic (exact) mass is 315 g/mol. The Morgan fingerprint density at radius 3 is 2.91 bits per heavy atom. The molecule has 2 aliphatic carbocycles. The third kappa shape index (κ3) is 1.70. The number of nitrogens with zero attached hydrogens (tertiary/aromatic N) is 1. The number of rotatable bonds is 1. The number of epoxide rings is 1. The second kappa shape index (κ2) is 4.35. The lowest BCUT2D eigenvalue weighted by molar-refractivity contribution is -0.178. The number of piperidine rings is 1. The Labute approximate surface area is 134 Å². The van der Waals surface area contributed by atoms with Gasteiger partial charge in [-0.1, -0.05) is 6.07 Å². The van der Waals surface area contributed by atoms with Gasteiger partial charge in [0.1, 0.15) is 17.8 Å². The minimum absolute atomic E-state index is 0.00565. The van der Waals surface area contributed by atoms with E-state index in [0.29, 0.717) is 19.3 Å². The summed E-state index contributed by atoms with van der Waals surface area (Å²) in [5, 5.41) is 21.7. The summed E-state index contributed by atoms with van der Waals surface area (Å²) >= 11 is 0. The van der Waals surface area contributed by atoms with Gasteiger partial charge in [-0.25, -0.2) is 0 Å². The van der Waals surface area contributed by atoms with Gasteiger partial charge < -0.3 is 14.9 Å². The molecule has 1 saturated carbocycles. The highest BCUT2D eigenvalue weighted by atomic mass is 16.6. The number of carbonyl (C=O) groups excluding carboxylic acids is 1. The number of ether oxygens (including phenoxy) is 1. The second-order valence-electron chi connectivity index (χ2n) is 7.56. The summed E-state index contributed by atoms with van der Waals surface area (Å²) < 4.78 is 5.50. The summed E-state index contributed by atoms with van der Waals surface area (Å²) in [4.78, 5) is 14.6. The zero-order valence-corrected chi connectivity index (χ0v) is 13.0. The van der Waals surface area contributed by atoms with E-state index in [4.69, 9.17) is 4.74 Å². The van der Waals surface area contributed by atoms with Crippen molar-refractivity contribution in [2.75, 3.05) is 13.2 Å². The fraction of sp³-hybridized carbons (Fsp3) is 0.611. The van der Waals surface area contributed by atoms with Gasteiger partial charge in [-0.2, -0.15) is 0 Å². The quantitative estimate of drug-likeness (QED) is 0.759. The number of aliphatic hydroxyl groups is 1. The van der Waals surface area contributed by atoms with Crippen LogP contribution in [0.25, 0.3) is 0 Å². The molecule has 5 rings (SSSR count). The predicted octanol–water partition coefficient (Wildman–Crippen LogP) is 1.10. The molecule has 1 aromatic rings. The number of carbonyl (C=O) groups is 1. The smallest absolute Gasteiger partial charge is 0.134 e. The average molecular weight is 315 g/mol. The van der Waals surface area contributed by atoms with E-state index in [2.05, 4.69) is 4.90 Å². The van der Waals surface area contributed by atoms with Gasteiger partial charge in [0.25, 0.3) is 0 Å². The summed E-state index contributed by atoms with van der Waals surface area (Å²) in [5.41, 5.74) is 0.676. The van der Waals surface area contributed by atoms with Crippen molar-refractivity contribution in [3.8, 4) is 5.75 Å². The van der Waals surface area contributed by atoms with Crippen molar-refractivity contribution < 1.29 is 19.7 Å². The average Bonchev–Trinajstić information content (AvgIpc) is 3.34. The number of benzene rings is 1. The molecular formula is C18H21NO4. The molecule has 3 fully saturated rings. The number of ketones is 1. The van der Waals surface area contributed by atoms with Gasteiger partial charge in [-0.15, -0.1) is 0 Å². The fourth-order valence-corrected chi connectivity index (χ4v) is 5.41. The number of hydrogen-bond acceptors (Lipinski definition) is 5. The molecule has 23 heavy (non-hydrogen) atoms. The Morgan fingerprint density at radius 1 is 1.30 bits per heavy atom. The molecular weight excluding hydrogens is 294 g/mol. The van der Waals surface area contributed by atoms with Crippen LogP contribution in [0.15, 0.2) is 18.2 Å². The number of fused-ring (bicyclic) bond motifs is 1. The van der Waals surface area contributed by atoms with E-state index in [9.17, 15) is 15.0 Å². The molecule has 1 aromatic carbocycles. The summed E-state index contributed by atoms with van der Waals surface area (Å²) in [6.45, 7) is 1.57. The number of Topliss-reactive ketones (excluding diaryl/α,β-unsaturated/α-hetero) is 1. The van der Waals surface area contributed by atoms with Gasteiger partial charge in [-0.05, 0) is 42.5 Å². The molecule has 5 heteroatoms. The molecule has 2 bridgehead atoms. The number of likely N-dealkylation sites (tertiary alicyclic amines) is 1. The molecule has 2 heterocycles. The fourth-order valence-electron chi connectivity index (χ4n) is 5.41. The van der Waals surface area contributed by atoms with Crippen LogP contribution in [0.5, 0.6) is 5.75 Å². The van der Waals surface area contributed by atoms with E-state index < -0.39 is 11.0 Å². The molecule has 4 aliphatic rings. The van der Waals surface area contributed by atoms with Crippen molar-refractivity contribution in [1.29, 1.82) is 0 Å². The number of hydrogen-bond donors (Lipinski definition) is 2. The lowest BCUT2D eigenvalue weighted by Gasteiger charge is -2.63. The Morgan fingerprint density at radius 2 is 2.13 bits per heavy atom. The van der Waals surface area contributed by atoms with Crippen LogP contribution in [-0.4, -0.2) is 51.9 Å². The summed E-state index contributed by atoms with van der Waals surface area (Å²) in [6.07, 6.45) is 2.95. The molecule has 0 spiro atoms. The van der Waals surface area contributed by atoms with Gasteiger partial charge in [-0.3, -0.25) is 9.69 Å². The highest BCUT2D eigenvalue weighted by Gasteiger charge is 2.66. The van der Waals surface area contributed by atoms with Crippen LogP contribution in [0, 0.1) is 0 Å². The number of aromatic hydroxyl groups is 1. The van der Waals surface area contributed by atoms with Crippen LogP contribution in [-0.2, 0) is 21.4 Å². The zero-order chi connectivity index (χ0) is 15.8. The van der Waals surface area contributed by atoms with Crippen molar-refractivity contribution in [1.82, 2.24) is 4.90 Å². The van der Waals surface area contributed by atoms with Crippen molar-refractivity contribution >= 4 is 5.78 Å². The van der Waals surface area contributed by atoms with Crippen molar-refractivity contribution in [2.24, 2.45) is 0 Å². The van der Waals surface area contributed by atoms with Gasteiger partial charge in [0.15, 0.2) is 0 Å². The summed E-state index contributed by atoms with van der Waals surface area (Å²) in [5.74, 6) is 0.436. The SMILES string of the molecule is O=C1CC[C@@]2(O)[C@H]3Cc4ccc(O)cc4[C@@]2(CCN3C2CO2)C1. The van der Waals surface area contributed by atoms with Crippen LogP contribution < -0.4 is 0 Å². The summed E-state index contributed by atoms with van der Waals surface area (Å²) in [7, 11) is 0. The van der Waals surface area contributed by atoms with E-state index in [0.717, 1.165) is 37.1 Å². The van der Waals surface area contributed by atoms with Crippen LogP contribution in [0.3, 0.4) is 0 Å². The third-order valence-electron chi connectivity index (χ3n) is 6.57. The largest absolute Gasteiger partial charge is 0.508 e. The Bertz CT molecular complexity index is 700. The predicted molar refractivity (Wildman–Crippen MR) is 82.1 cm³/mol. The summed E-state index contributed by atoms with van der Waals surface area (Å²) in [6, 6.07) is 5.43. The maximum atomic E-state index is 12.3. The van der Waals surface area contributed by atoms with Crippen molar-refractivity contribution in [3.63, 3.8) is 0 Å². The molecule has 122 valence electrons. The van der Waals surface area contributed by atoms with Crippen molar-refractivity contribution in [2.45, 2.75) is 55.4 Å². The van der Waals surface area contributed by atoms with E-state index in [1.807, 2.05) is 6.07 Å². The maximum Gasteiger partial charge on any atom is 0.134 e. The topological polar surface area (TPSA) is 73.3 Å². The van der Waals surface area contributed by atoms with Crippen LogP contribution in [0.4, 0.5) is 0 Å². The Balaban J connectivity index is 1.72. The number of phenolic OH excluding ortho intramolecular Hbond substituents is 1. The third-order valence-corrected chi connectivity index (χ3v) is 6.57. The molecule has 0 radical (unpaired) electrons. The molecule has 4 atom stereocenters. The van der Waals surface area contributed by atoms with E-state index in [1.54, 1.807) is 12.1 Å². The lowest BCUT2D eigenvalue weighted by Crippen LogP contribution is -2.73. The minimum Gasteiger partial charge on any atom is -0.508 e. The van der Waals surface area contributed by atoms with Gasteiger partial charge in [0.2, 0.25) is 0 Å². The van der Waals surface area contributed by atoms with E-state index in [-0.39, 0.29) is 23.8 Å². The van der Waals surface area contributed by atoms with Crippen molar-refractivity contribution in [3.05, 3.63) is 29.3 Å². The lowest BCUT2D eigenvalue weighted by atomic mass is 9.49. The van der Waals surface area contributed by atoms with Gasteiger partial charge in [0, 0.05) is 30.8 Å². The molecule has 0 aromatic heterocycles. The maximum absolute atomic E-state index is 12.3. The van der Waals surface area contributed by atoms with E-state index in [1.165, 1.54) is 0 Å². The second-order valence-corrected chi connectivity index (χ2v) is 7.56. The molecule has 5 nitrogen and oxygen atoms in total. The standard InChI is InChI=1S/C18H21NO4/c20-12-2-1-11-7-15-18(22)4-3-13(21)9-17(18,14(11)8-12)5-6-19(15)16-10-23-16/h1-2,8,15-16,20,22H,3-7,9-10H2/t15-,16?,17-,18-/m1/s1. The van der Waals surface area contributed by atoms with Gasteiger partial charge >= 0.3 is 0 Å². The zero-order valence-electron chi connectivity index (χ0n) is 13.0. The van der Waals surface area contributed by atoms with Gasteiger partial charge in [0.05, 0.1) is 12.2 Å². The highest BCUT2D eigenvalue weighted by Crippen LogP contribution is 2.58. The molecule has 1 unspecified atom stereocenters. The number of phenols is 1.